The molecule has 0 radical (unpaired) electrons. The van der Waals surface area contributed by atoms with Gasteiger partial charge in [0.15, 0.2) is 0 Å². The van der Waals surface area contributed by atoms with Crippen molar-refractivity contribution in [3.8, 4) is 11.1 Å². The Bertz CT molecular complexity index is 1150. The largest absolute Gasteiger partial charge is 0.375 e. The molecule has 0 saturated heterocycles. The zero-order chi connectivity index (χ0) is 19.8. The predicted molar refractivity (Wildman–Crippen MR) is 124 cm³/mol. The van der Waals surface area contributed by atoms with E-state index in [1.165, 1.54) is 33.4 Å². The number of benzene rings is 3. The second-order valence-corrected chi connectivity index (χ2v) is 7.78. The lowest BCUT2D eigenvalue weighted by molar-refractivity contribution is 0.0777. The normalized spacial score (nSPS) is 17.7. The average Bonchev–Trinajstić information content (AvgIpc) is 3.37. The van der Waals surface area contributed by atoms with E-state index in [0.717, 1.165) is 24.0 Å². The third-order valence-corrected chi connectivity index (χ3v) is 6.10. The van der Waals surface area contributed by atoms with Gasteiger partial charge in [0.05, 0.1) is 23.5 Å². The minimum absolute atomic E-state index is 0. The van der Waals surface area contributed by atoms with Crippen LogP contribution in [-0.2, 0) is 17.7 Å². The molecule has 1 aliphatic carbocycles. The van der Waals surface area contributed by atoms with Crippen molar-refractivity contribution in [1.82, 2.24) is 15.3 Å². The number of fused-ring (bicyclic) bond motifs is 2. The van der Waals surface area contributed by atoms with Crippen molar-refractivity contribution in [2.45, 2.75) is 32.0 Å². The molecule has 2 N–H and O–H groups in total. The summed E-state index contributed by atoms with van der Waals surface area (Å²) in [4.78, 5) is 7.63. The molecule has 5 rings (SSSR count). The molecule has 4 nitrogen and oxygen atoms in total. The van der Waals surface area contributed by atoms with E-state index in [4.69, 9.17) is 4.74 Å². The van der Waals surface area contributed by atoms with Crippen molar-refractivity contribution < 1.29 is 4.74 Å². The smallest absolute Gasteiger partial charge is 0.0980 e. The topological polar surface area (TPSA) is 49.9 Å². The van der Waals surface area contributed by atoms with Gasteiger partial charge in [-0.25, -0.2) is 4.98 Å². The number of methoxy groups -OCH3 is 1. The maximum atomic E-state index is 5.79. The zero-order valence-electron chi connectivity index (χ0n) is 17.2. The SMILES string of the molecule is COC1c2ccccc2CC1NCc1ccc(-c2ccc3[nH]cnc3c2C)cc1.Cl. The Morgan fingerprint density at radius 3 is 2.67 bits per heavy atom. The van der Waals surface area contributed by atoms with E-state index in [-0.39, 0.29) is 18.5 Å². The van der Waals surface area contributed by atoms with Gasteiger partial charge < -0.3 is 15.0 Å². The lowest BCUT2D eigenvalue weighted by Crippen LogP contribution is -2.33. The van der Waals surface area contributed by atoms with Gasteiger partial charge in [-0.2, -0.15) is 0 Å². The van der Waals surface area contributed by atoms with Gasteiger partial charge in [0.1, 0.15) is 0 Å². The van der Waals surface area contributed by atoms with E-state index >= 15 is 0 Å². The van der Waals surface area contributed by atoms with Crippen LogP contribution in [0.5, 0.6) is 0 Å². The highest BCUT2D eigenvalue weighted by Gasteiger charge is 2.31. The lowest BCUT2D eigenvalue weighted by atomic mass is 9.98. The summed E-state index contributed by atoms with van der Waals surface area (Å²) < 4.78 is 5.79. The molecule has 154 valence electrons. The first-order valence-corrected chi connectivity index (χ1v) is 10.1. The van der Waals surface area contributed by atoms with Gasteiger partial charge in [0.2, 0.25) is 0 Å². The van der Waals surface area contributed by atoms with Crippen LogP contribution in [0.1, 0.15) is 28.4 Å². The Labute approximate surface area is 183 Å². The van der Waals surface area contributed by atoms with Crippen LogP contribution in [0.2, 0.25) is 0 Å². The monoisotopic (exact) mass is 419 g/mol. The Balaban J connectivity index is 0.00000218. The molecule has 0 saturated carbocycles. The molecular formula is C25H26ClN3O. The number of aromatic amines is 1. The molecule has 1 aliphatic rings. The van der Waals surface area contributed by atoms with Gasteiger partial charge >= 0.3 is 0 Å². The fourth-order valence-corrected chi connectivity index (χ4v) is 4.54. The summed E-state index contributed by atoms with van der Waals surface area (Å²) in [5.74, 6) is 0. The average molecular weight is 420 g/mol. The van der Waals surface area contributed by atoms with Crippen LogP contribution >= 0.6 is 12.4 Å². The molecule has 2 unspecified atom stereocenters. The summed E-state index contributed by atoms with van der Waals surface area (Å²) in [6.07, 6.45) is 2.88. The molecule has 1 heterocycles. The number of nitrogens with one attached hydrogen (secondary N) is 2. The van der Waals surface area contributed by atoms with Crippen molar-refractivity contribution in [3.05, 3.63) is 89.2 Å². The van der Waals surface area contributed by atoms with Crippen molar-refractivity contribution in [1.29, 1.82) is 0 Å². The molecule has 0 fully saturated rings. The minimum atomic E-state index is 0. The van der Waals surface area contributed by atoms with E-state index in [9.17, 15) is 0 Å². The van der Waals surface area contributed by atoms with E-state index in [1.54, 1.807) is 13.4 Å². The third kappa shape index (κ3) is 3.63. The maximum absolute atomic E-state index is 5.79. The standard InChI is InChI=1S/C25H25N3O.ClH/c1-16-20(11-12-22-24(16)28-15-27-22)18-9-7-17(8-10-18)14-26-23-13-19-5-3-4-6-21(19)25(23)29-2;/h3-12,15,23,25-26H,13-14H2,1-2H3,(H,27,28);1H. The number of rotatable bonds is 5. The van der Waals surface area contributed by atoms with Gasteiger partial charge in [-0.15, -0.1) is 12.4 Å². The fraction of sp³-hybridized carbons (Fsp3) is 0.240. The number of halogens is 1. The highest BCUT2D eigenvalue weighted by molar-refractivity contribution is 5.86. The van der Waals surface area contributed by atoms with Crippen LogP contribution in [0.15, 0.2) is 67.0 Å². The molecule has 0 bridgehead atoms. The highest BCUT2D eigenvalue weighted by Crippen LogP contribution is 2.34. The summed E-state index contributed by atoms with van der Waals surface area (Å²) in [6, 6.07) is 22.0. The number of ether oxygens (including phenoxy) is 1. The summed E-state index contributed by atoms with van der Waals surface area (Å²) in [5, 5.41) is 3.70. The quantitative estimate of drug-likeness (QED) is 0.457. The van der Waals surface area contributed by atoms with Crippen LogP contribution < -0.4 is 5.32 Å². The summed E-state index contributed by atoms with van der Waals surface area (Å²) >= 11 is 0. The van der Waals surface area contributed by atoms with E-state index < -0.39 is 0 Å². The van der Waals surface area contributed by atoms with Crippen molar-refractivity contribution >= 4 is 23.4 Å². The second-order valence-electron chi connectivity index (χ2n) is 7.78. The molecule has 0 aliphatic heterocycles. The fourth-order valence-electron chi connectivity index (χ4n) is 4.54. The number of aryl methyl sites for hydroxylation is 1. The number of hydrogen-bond donors (Lipinski definition) is 2. The highest BCUT2D eigenvalue weighted by atomic mass is 35.5. The van der Waals surface area contributed by atoms with Crippen molar-refractivity contribution in [3.63, 3.8) is 0 Å². The number of imidazole rings is 1. The first-order valence-electron chi connectivity index (χ1n) is 10.1. The Hall–Kier alpha value is -2.66. The Morgan fingerprint density at radius 2 is 1.87 bits per heavy atom. The number of H-pyrrole nitrogens is 1. The maximum Gasteiger partial charge on any atom is 0.0980 e. The molecular weight excluding hydrogens is 394 g/mol. The van der Waals surface area contributed by atoms with Gasteiger partial charge in [-0.1, -0.05) is 54.6 Å². The first-order chi connectivity index (χ1) is 14.2. The molecule has 0 amide bonds. The van der Waals surface area contributed by atoms with Crippen LogP contribution in [0.25, 0.3) is 22.2 Å². The lowest BCUT2D eigenvalue weighted by Gasteiger charge is -2.20. The van der Waals surface area contributed by atoms with Gasteiger partial charge in [0.25, 0.3) is 0 Å². The Kier molecular flexibility index (Phi) is 5.91. The summed E-state index contributed by atoms with van der Waals surface area (Å²) in [5.41, 5.74) is 9.76. The number of hydrogen-bond acceptors (Lipinski definition) is 3. The third-order valence-electron chi connectivity index (χ3n) is 6.10. The number of aromatic nitrogens is 2. The van der Waals surface area contributed by atoms with Crippen LogP contribution in [0, 0.1) is 6.92 Å². The molecule has 4 aromatic rings. The molecule has 30 heavy (non-hydrogen) atoms. The summed E-state index contributed by atoms with van der Waals surface area (Å²) in [6.45, 7) is 2.97. The van der Waals surface area contributed by atoms with Gasteiger partial charge in [-0.05, 0) is 52.8 Å². The van der Waals surface area contributed by atoms with E-state index in [0.29, 0.717) is 6.04 Å². The molecule has 3 aromatic carbocycles. The molecule has 5 heteroatoms. The molecule has 1 aromatic heterocycles. The van der Waals surface area contributed by atoms with Crippen LogP contribution in [0.4, 0.5) is 0 Å². The van der Waals surface area contributed by atoms with Gasteiger partial charge in [0, 0.05) is 19.7 Å². The van der Waals surface area contributed by atoms with Crippen LogP contribution in [-0.4, -0.2) is 23.1 Å². The van der Waals surface area contributed by atoms with Crippen molar-refractivity contribution in [2.24, 2.45) is 0 Å². The van der Waals surface area contributed by atoms with E-state index in [2.05, 4.69) is 82.9 Å². The second kappa shape index (κ2) is 8.60. The predicted octanol–water partition coefficient (Wildman–Crippen LogP) is 5.36. The number of nitrogens with zero attached hydrogens (tertiary/aromatic N) is 1. The molecule has 2 atom stereocenters. The van der Waals surface area contributed by atoms with Crippen molar-refractivity contribution in [2.75, 3.05) is 7.11 Å². The molecule has 0 spiro atoms. The Morgan fingerprint density at radius 1 is 1.07 bits per heavy atom. The van der Waals surface area contributed by atoms with E-state index in [1.807, 2.05) is 0 Å². The van der Waals surface area contributed by atoms with Crippen LogP contribution in [0.3, 0.4) is 0 Å². The zero-order valence-corrected chi connectivity index (χ0v) is 18.0. The summed E-state index contributed by atoms with van der Waals surface area (Å²) in [7, 11) is 1.80. The first kappa shape index (κ1) is 20.6. The van der Waals surface area contributed by atoms with Gasteiger partial charge in [-0.3, -0.25) is 0 Å². The minimum Gasteiger partial charge on any atom is -0.375 e.